The Bertz CT molecular complexity index is 1320. The van der Waals surface area contributed by atoms with Gasteiger partial charge in [-0.2, -0.15) is 9.78 Å². The van der Waals surface area contributed by atoms with E-state index >= 15 is 0 Å². The van der Waals surface area contributed by atoms with Crippen LogP contribution < -0.4 is 15.0 Å². The van der Waals surface area contributed by atoms with E-state index in [1.54, 1.807) is 18.2 Å². The Morgan fingerprint density at radius 1 is 1.27 bits per heavy atom. The van der Waals surface area contributed by atoms with Crippen LogP contribution in [0.15, 0.2) is 43.1 Å². The summed E-state index contributed by atoms with van der Waals surface area (Å²) in [6.45, 7) is 5.22. The molecule has 2 aromatic carbocycles. The number of nitrogens with zero attached hydrogens (tertiary/aromatic N) is 3. The second kappa shape index (κ2) is 10.2. The van der Waals surface area contributed by atoms with E-state index in [1.165, 1.54) is 24.9 Å². The normalized spacial score (nSPS) is 12.5. The molecule has 0 amide bonds. The van der Waals surface area contributed by atoms with E-state index in [0.29, 0.717) is 26.8 Å². The molecule has 0 unspecified atom stereocenters. The van der Waals surface area contributed by atoms with Crippen molar-refractivity contribution in [3.05, 3.63) is 60.0 Å². The highest BCUT2D eigenvalue weighted by Gasteiger charge is 2.22. The number of aliphatic carboxylic acids is 1. The molecule has 1 heterocycles. The van der Waals surface area contributed by atoms with Crippen LogP contribution in [0.4, 0.5) is 0 Å². The van der Waals surface area contributed by atoms with Crippen LogP contribution in [-0.4, -0.2) is 40.2 Å². The van der Waals surface area contributed by atoms with Gasteiger partial charge >= 0.3 is 5.97 Å². The molecule has 174 valence electrons. The number of aromatic nitrogens is 2. The van der Waals surface area contributed by atoms with E-state index < -0.39 is 12.1 Å². The summed E-state index contributed by atoms with van der Waals surface area (Å²) >= 11 is 13.2. The van der Waals surface area contributed by atoms with Gasteiger partial charge in [-0.3, -0.25) is 4.79 Å². The van der Waals surface area contributed by atoms with Crippen molar-refractivity contribution in [2.24, 2.45) is 5.10 Å². The monoisotopic (exact) mass is 599 g/mol. The lowest BCUT2D eigenvalue weighted by atomic mass is 10.2. The van der Waals surface area contributed by atoms with Gasteiger partial charge in [-0.25, -0.2) is 9.78 Å². The number of ether oxygens (including phenoxy) is 2. The molecule has 1 atom stereocenters. The molecular formula is C22H20Br2ClN3O5. The van der Waals surface area contributed by atoms with Gasteiger partial charge in [0.1, 0.15) is 10.8 Å². The minimum absolute atomic E-state index is 0.0715. The molecule has 0 spiro atoms. The molecule has 3 rings (SSSR count). The van der Waals surface area contributed by atoms with E-state index in [1.807, 2.05) is 19.9 Å². The van der Waals surface area contributed by atoms with Gasteiger partial charge in [0.25, 0.3) is 5.56 Å². The summed E-state index contributed by atoms with van der Waals surface area (Å²) in [5, 5.41) is 14.1. The summed E-state index contributed by atoms with van der Waals surface area (Å²) in [7, 11) is 1.41. The van der Waals surface area contributed by atoms with Gasteiger partial charge in [0.15, 0.2) is 17.6 Å². The number of rotatable bonds is 7. The number of hydrogen-bond donors (Lipinski definition) is 1. The van der Waals surface area contributed by atoms with Crippen LogP contribution >= 0.6 is 43.5 Å². The highest BCUT2D eigenvalue weighted by Crippen LogP contribution is 2.42. The van der Waals surface area contributed by atoms with Crippen molar-refractivity contribution >= 4 is 66.5 Å². The standard InChI is InChI=1S/C22H20Br2ClN3O5/c1-10(2)20-27-15-6-5-13(23)8-14(15)21(29)28(20)26-9-12-7-16(32-4)19(18(25)17(12)24)33-11(3)22(30)31/h5-11H,1-4H3,(H,30,31)/t11-/m1/s1. The van der Waals surface area contributed by atoms with Crippen molar-refractivity contribution in [1.82, 2.24) is 9.66 Å². The molecule has 0 fully saturated rings. The number of fused-ring (bicyclic) bond motifs is 1. The number of carbonyl (C=O) groups is 1. The zero-order valence-electron chi connectivity index (χ0n) is 18.1. The number of methoxy groups -OCH3 is 1. The maximum absolute atomic E-state index is 13.2. The molecule has 0 bridgehead atoms. The Kier molecular flexibility index (Phi) is 7.81. The first-order valence-electron chi connectivity index (χ1n) is 9.77. The molecule has 0 aliphatic carbocycles. The van der Waals surface area contributed by atoms with E-state index in [0.717, 1.165) is 4.47 Å². The topological polar surface area (TPSA) is 103 Å². The molecule has 1 N–H and O–H groups in total. The fourth-order valence-electron chi connectivity index (χ4n) is 2.96. The smallest absolute Gasteiger partial charge is 0.344 e. The Morgan fingerprint density at radius 3 is 2.58 bits per heavy atom. The predicted octanol–water partition coefficient (Wildman–Crippen LogP) is 5.44. The molecule has 0 radical (unpaired) electrons. The fraction of sp³-hybridized carbons (Fsp3) is 0.273. The number of hydrogen-bond acceptors (Lipinski definition) is 6. The van der Waals surface area contributed by atoms with Gasteiger partial charge in [0.2, 0.25) is 0 Å². The Balaban J connectivity index is 2.14. The molecular weight excluding hydrogens is 582 g/mol. The minimum Gasteiger partial charge on any atom is -0.493 e. The van der Waals surface area contributed by atoms with Crippen molar-refractivity contribution in [3.8, 4) is 11.5 Å². The second-order valence-electron chi connectivity index (χ2n) is 7.37. The van der Waals surface area contributed by atoms with Crippen molar-refractivity contribution in [2.75, 3.05) is 7.11 Å². The minimum atomic E-state index is -1.15. The third-order valence-corrected chi connectivity index (χ3v) is 6.62. The maximum Gasteiger partial charge on any atom is 0.344 e. The Hall–Kier alpha value is -2.43. The average Bonchev–Trinajstić information content (AvgIpc) is 2.77. The Morgan fingerprint density at radius 2 is 1.97 bits per heavy atom. The molecule has 33 heavy (non-hydrogen) atoms. The lowest BCUT2D eigenvalue weighted by Gasteiger charge is -2.17. The van der Waals surface area contributed by atoms with Crippen molar-refractivity contribution < 1.29 is 19.4 Å². The first-order chi connectivity index (χ1) is 15.5. The number of benzene rings is 2. The summed E-state index contributed by atoms with van der Waals surface area (Å²) in [5.74, 6) is -0.427. The molecule has 0 aliphatic rings. The number of halogens is 3. The van der Waals surface area contributed by atoms with Crippen molar-refractivity contribution in [3.63, 3.8) is 0 Å². The van der Waals surface area contributed by atoms with Crippen LogP contribution in [0, 0.1) is 0 Å². The molecule has 8 nitrogen and oxygen atoms in total. The number of carboxylic acids is 1. The van der Waals surface area contributed by atoms with E-state index in [2.05, 4.69) is 41.9 Å². The van der Waals surface area contributed by atoms with Gasteiger partial charge < -0.3 is 14.6 Å². The molecule has 0 saturated heterocycles. The fourth-order valence-corrected chi connectivity index (χ4v) is 3.96. The SMILES string of the molecule is COc1cc(C=Nn2c(C(C)C)nc3ccc(Br)cc3c2=O)c(Br)c(Cl)c1O[C@H](C)C(=O)O. The lowest BCUT2D eigenvalue weighted by molar-refractivity contribution is -0.144. The molecule has 11 heteroatoms. The zero-order valence-corrected chi connectivity index (χ0v) is 22.0. The van der Waals surface area contributed by atoms with Crippen molar-refractivity contribution in [1.29, 1.82) is 0 Å². The molecule has 1 aromatic heterocycles. The zero-order chi connectivity index (χ0) is 24.4. The highest BCUT2D eigenvalue weighted by molar-refractivity contribution is 9.10. The third kappa shape index (κ3) is 5.23. The van der Waals surface area contributed by atoms with Gasteiger partial charge in [-0.05, 0) is 47.1 Å². The highest BCUT2D eigenvalue weighted by atomic mass is 79.9. The Labute approximate surface area is 211 Å². The quantitative estimate of drug-likeness (QED) is 0.362. The molecule has 0 aliphatic heterocycles. The first kappa shape index (κ1) is 25.2. The lowest BCUT2D eigenvalue weighted by Crippen LogP contribution is -2.23. The van der Waals surface area contributed by atoms with E-state index in [4.69, 9.17) is 26.2 Å². The predicted molar refractivity (Wildman–Crippen MR) is 134 cm³/mol. The number of carboxylic acid groups (broad SMARTS) is 1. The van der Waals surface area contributed by atoms with Gasteiger partial charge in [-0.1, -0.05) is 41.4 Å². The summed E-state index contributed by atoms with van der Waals surface area (Å²) in [4.78, 5) is 29.0. The summed E-state index contributed by atoms with van der Waals surface area (Å²) in [6, 6.07) is 6.88. The van der Waals surface area contributed by atoms with Crippen LogP contribution in [0.5, 0.6) is 11.5 Å². The second-order valence-corrected chi connectivity index (χ2v) is 9.46. The van der Waals surface area contributed by atoms with E-state index in [9.17, 15) is 9.59 Å². The first-order valence-corrected chi connectivity index (χ1v) is 11.7. The average molecular weight is 602 g/mol. The van der Waals surface area contributed by atoms with Gasteiger partial charge in [0, 0.05) is 20.4 Å². The van der Waals surface area contributed by atoms with Gasteiger partial charge in [0.05, 0.1) is 24.2 Å². The molecule has 0 saturated carbocycles. The van der Waals surface area contributed by atoms with Gasteiger partial charge in [-0.15, -0.1) is 0 Å². The third-order valence-electron chi connectivity index (χ3n) is 4.68. The van der Waals surface area contributed by atoms with Crippen LogP contribution in [0.25, 0.3) is 10.9 Å². The van der Waals surface area contributed by atoms with Crippen LogP contribution in [0.1, 0.15) is 38.1 Å². The van der Waals surface area contributed by atoms with Crippen LogP contribution in [0.2, 0.25) is 5.02 Å². The largest absolute Gasteiger partial charge is 0.493 e. The maximum atomic E-state index is 13.2. The van der Waals surface area contributed by atoms with Crippen LogP contribution in [-0.2, 0) is 4.79 Å². The summed E-state index contributed by atoms with van der Waals surface area (Å²) < 4.78 is 13.2. The molecule has 3 aromatic rings. The van der Waals surface area contributed by atoms with E-state index in [-0.39, 0.29) is 28.0 Å². The summed E-state index contributed by atoms with van der Waals surface area (Å²) in [5.41, 5.74) is 0.757. The summed E-state index contributed by atoms with van der Waals surface area (Å²) in [6.07, 6.45) is 0.305. The van der Waals surface area contributed by atoms with Crippen LogP contribution in [0.3, 0.4) is 0 Å². The van der Waals surface area contributed by atoms with Crippen molar-refractivity contribution in [2.45, 2.75) is 32.8 Å².